The molecule has 0 bridgehead atoms. The van der Waals surface area contributed by atoms with Gasteiger partial charge in [0.1, 0.15) is 12.1 Å². The van der Waals surface area contributed by atoms with Crippen molar-refractivity contribution >= 4 is 18.0 Å². The number of carbonyl (C=O) groups excluding carboxylic acids is 2. The van der Waals surface area contributed by atoms with Crippen molar-refractivity contribution in [3.63, 3.8) is 0 Å². The monoisotopic (exact) mass is 464 g/mol. The maximum absolute atomic E-state index is 13.1. The fourth-order valence-corrected chi connectivity index (χ4v) is 5.26. The Labute approximate surface area is 199 Å². The van der Waals surface area contributed by atoms with E-state index in [-0.39, 0.29) is 30.9 Å². The lowest BCUT2D eigenvalue weighted by Gasteiger charge is -2.39. The molecule has 0 aliphatic heterocycles. The normalized spacial score (nSPS) is 22.2. The molecule has 180 valence electrons. The van der Waals surface area contributed by atoms with E-state index in [2.05, 4.69) is 41.8 Å². The fourth-order valence-electron chi connectivity index (χ4n) is 5.26. The number of amides is 2. The third kappa shape index (κ3) is 4.79. The molecule has 1 saturated carbocycles. The van der Waals surface area contributed by atoms with Crippen LogP contribution in [0.25, 0.3) is 11.1 Å². The molecule has 0 radical (unpaired) electrons. The summed E-state index contributed by atoms with van der Waals surface area (Å²) in [7, 11) is 0. The van der Waals surface area contributed by atoms with Crippen LogP contribution in [0.15, 0.2) is 48.5 Å². The van der Waals surface area contributed by atoms with Gasteiger partial charge in [0.15, 0.2) is 0 Å². The quantitative estimate of drug-likeness (QED) is 0.566. The van der Waals surface area contributed by atoms with Crippen LogP contribution >= 0.6 is 0 Å². The van der Waals surface area contributed by atoms with Crippen molar-refractivity contribution in [2.45, 2.75) is 51.0 Å². The largest absolute Gasteiger partial charge is 0.481 e. The maximum Gasteiger partial charge on any atom is 0.408 e. The van der Waals surface area contributed by atoms with Gasteiger partial charge in [-0.25, -0.2) is 4.79 Å². The van der Waals surface area contributed by atoms with Gasteiger partial charge >= 0.3 is 12.1 Å². The Kier molecular flexibility index (Phi) is 6.91. The summed E-state index contributed by atoms with van der Waals surface area (Å²) in [6.07, 6.45) is 2.14. The highest BCUT2D eigenvalue weighted by Gasteiger charge is 2.44. The number of alkyl carbamates (subject to hydrolysis) is 1. The van der Waals surface area contributed by atoms with Crippen LogP contribution in [0.5, 0.6) is 0 Å². The van der Waals surface area contributed by atoms with Gasteiger partial charge in [-0.2, -0.15) is 0 Å². The van der Waals surface area contributed by atoms with Crippen molar-refractivity contribution in [1.82, 2.24) is 10.6 Å². The molecule has 2 aliphatic carbocycles. The van der Waals surface area contributed by atoms with Gasteiger partial charge in [-0.15, -0.1) is 0 Å². The smallest absolute Gasteiger partial charge is 0.408 e. The number of carboxylic acids is 1. The molecule has 2 aromatic carbocycles. The molecule has 0 heterocycles. The molecule has 2 amide bonds. The first kappa shape index (κ1) is 23.8. The van der Waals surface area contributed by atoms with Crippen LogP contribution in [0, 0.1) is 11.8 Å². The van der Waals surface area contributed by atoms with Crippen molar-refractivity contribution in [3.8, 4) is 11.1 Å². The third-order valence-electron chi connectivity index (χ3n) is 7.11. The standard InChI is InChI=1S/C27H32N2O5/c1-17-8-7-13-27(14-17,25(32)28-15-18(2)24(30)31)29-26(33)34-16-23-21-11-5-3-9-19(21)20-10-4-6-12-22(20)23/h3-6,9-12,17-18,23H,7-8,13-16H2,1-2H3,(H,28,32)(H,29,33)(H,30,31). The van der Waals surface area contributed by atoms with E-state index in [1.54, 1.807) is 0 Å². The molecule has 3 N–H and O–H groups in total. The summed E-state index contributed by atoms with van der Waals surface area (Å²) in [6.45, 7) is 3.78. The Morgan fingerprint density at radius 3 is 2.29 bits per heavy atom. The minimum absolute atomic E-state index is 0.0106. The Bertz CT molecular complexity index is 1040. The molecule has 2 aromatic rings. The van der Waals surface area contributed by atoms with Gasteiger partial charge in [0.05, 0.1) is 5.92 Å². The fraction of sp³-hybridized carbons (Fsp3) is 0.444. The number of carbonyl (C=O) groups is 3. The Morgan fingerprint density at radius 1 is 1.09 bits per heavy atom. The lowest BCUT2D eigenvalue weighted by Crippen LogP contribution is -2.61. The molecule has 3 unspecified atom stereocenters. The summed E-state index contributed by atoms with van der Waals surface area (Å²) >= 11 is 0. The molecule has 1 fully saturated rings. The highest BCUT2D eigenvalue weighted by Crippen LogP contribution is 2.44. The van der Waals surface area contributed by atoms with E-state index in [9.17, 15) is 14.4 Å². The van der Waals surface area contributed by atoms with Crippen LogP contribution in [-0.4, -0.2) is 41.8 Å². The summed E-state index contributed by atoms with van der Waals surface area (Å²) in [6, 6.07) is 16.2. The van der Waals surface area contributed by atoms with Gasteiger partial charge in [-0.05, 0) is 41.0 Å². The van der Waals surface area contributed by atoms with Crippen molar-refractivity contribution in [3.05, 3.63) is 59.7 Å². The van der Waals surface area contributed by atoms with Gasteiger partial charge in [-0.3, -0.25) is 9.59 Å². The lowest BCUT2D eigenvalue weighted by atomic mass is 9.75. The third-order valence-corrected chi connectivity index (χ3v) is 7.11. The van der Waals surface area contributed by atoms with E-state index in [0.717, 1.165) is 35.1 Å². The number of hydrogen-bond acceptors (Lipinski definition) is 4. The molecule has 34 heavy (non-hydrogen) atoms. The Hall–Kier alpha value is -3.35. The first-order valence-electron chi connectivity index (χ1n) is 11.9. The van der Waals surface area contributed by atoms with Crippen LogP contribution in [0.4, 0.5) is 4.79 Å². The van der Waals surface area contributed by atoms with Crippen LogP contribution < -0.4 is 10.6 Å². The lowest BCUT2D eigenvalue weighted by molar-refractivity contribution is -0.141. The van der Waals surface area contributed by atoms with Crippen molar-refractivity contribution in [1.29, 1.82) is 0 Å². The maximum atomic E-state index is 13.1. The minimum Gasteiger partial charge on any atom is -0.481 e. The molecular weight excluding hydrogens is 432 g/mol. The van der Waals surface area contributed by atoms with Crippen LogP contribution in [0.1, 0.15) is 56.6 Å². The first-order valence-corrected chi connectivity index (χ1v) is 11.9. The second kappa shape index (κ2) is 9.87. The molecule has 7 heteroatoms. The van der Waals surface area contributed by atoms with E-state index < -0.39 is 23.5 Å². The molecule has 7 nitrogen and oxygen atoms in total. The summed E-state index contributed by atoms with van der Waals surface area (Å²) in [4.78, 5) is 37.2. The number of fused-ring (bicyclic) bond motifs is 3. The zero-order valence-electron chi connectivity index (χ0n) is 19.7. The molecular formula is C27H32N2O5. The highest BCUT2D eigenvalue weighted by atomic mass is 16.5. The molecule has 0 spiro atoms. The minimum atomic E-state index is -1.10. The SMILES string of the molecule is CC1CCCC(NC(=O)OCC2c3ccccc3-c3ccccc32)(C(=O)NCC(C)C(=O)O)C1. The predicted molar refractivity (Wildman–Crippen MR) is 128 cm³/mol. The Balaban J connectivity index is 1.45. The van der Waals surface area contributed by atoms with E-state index >= 15 is 0 Å². The number of ether oxygens (including phenoxy) is 1. The van der Waals surface area contributed by atoms with Gasteiger partial charge in [0, 0.05) is 12.5 Å². The molecule has 3 atom stereocenters. The number of carboxylic acid groups (broad SMARTS) is 1. The van der Waals surface area contributed by atoms with Crippen molar-refractivity contribution in [2.75, 3.05) is 13.2 Å². The van der Waals surface area contributed by atoms with Gasteiger partial charge in [0.25, 0.3) is 0 Å². The van der Waals surface area contributed by atoms with Crippen LogP contribution in [-0.2, 0) is 14.3 Å². The molecule has 4 rings (SSSR count). The number of aliphatic carboxylic acids is 1. The highest BCUT2D eigenvalue weighted by molar-refractivity contribution is 5.90. The molecule has 0 aromatic heterocycles. The number of benzene rings is 2. The van der Waals surface area contributed by atoms with E-state index in [1.165, 1.54) is 6.92 Å². The average Bonchev–Trinajstić information content (AvgIpc) is 3.14. The van der Waals surface area contributed by atoms with E-state index in [0.29, 0.717) is 12.8 Å². The second-order valence-electron chi connectivity index (χ2n) is 9.68. The predicted octanol–water partition coefficient (Wildman–Crippen LogP) is 4.31. The Morgan fingerprint density at radius 2 is 1.71 bits per heavy atom. The first-order chi connectivity index (χ1) is 16.3. The van der Waals surface area contributed by atoms with Crippen LogP contribution in [0.3, 0.4) is 0 Å². The summed E-state index contributed by atoms with van der Waals surface area (Å²) in [5, 5.41) is 14.7. The number of rotatable bonds is 7. The zero-order chi connectivity index (χ0) is 24.3. The van der Waals surface area contributed by atoms with Crippen molar-refractivity contribution < 1.29 is 24.2 Å². The van der Waals surface area contributed by atoms with Gasteiger partial charge < -0.3 is 20.5 Å². The van der Waals surface area contributed by atoms with Crippen LogP contribution in [0.2, 0.25) is 0 Å². The zero-order valence-corrected chi connectivity index (χ0v) is 19.7. The van der Waals surface area contributed by atoms with Gasteiger partial charge in [0.2, 0.25) is 5.91 Å². The number of hydrogen-bond donors (Lipinski definition) is 3. The van der Waals surface area contributed by atoms with Gasteiger partial charge in [-0.1, -0.05) is 75.2 Å². The second-order valence-corrected chi connectivity index (χ2v) is 9.68. The van der Waals surface area contributed by atoms with Crippen molar-refractivity contribution in [2.24, 2.45) is 11.8 Å². The molecule has 2 aliphatic rings. The van der Waals surface area contributed by atoms with E-state index in [4.69, 9.17) is 9.84 Å². The number of nitrogens with one attached hydrogen (secondary N) is 2. The summed E-state index contributed by atoms with van der Waals surface area (Å²) in [5.41, 5.74) is 3.45. The average molecular weight is 465 g/mol. The molecule has 0 saturated heterocycles. The van der Waals surface area contributed by atoms with E-state index in [1.807, 2.05) is 24.3 Å². The topological polar surface area (TPSA) is 105 Å². The summed E-state index contributed by atoms with van der Waals surface area (Å²) in [5.74, 6) is -1.84. The summed E-state index contributed by atoms with van der Waals surface area (Å²) < 4.78 is 5.69.